The first-order valence-electron chi connectivity index (χ1n) is 8.38. The molecule has 8 heteroatoms. The summed E-state index contributed by atoms with van der Waals surface area (Å²) < 4.78 is 13.9. The molecule has 3 atom stereocenters. The summed E-state index contributed by atoms with van der Waals surface area (Å²) in [5.74, 6) is -0.325. The maximum Gasteiger partial charge on any atom is 0.322 e. The molecule has 2 N–H and O–H groups in total. The summed E-state index contributed by atoms with van der Waals surface area (Å²) in [7, 11) is 0. The SMILES string of the molecule is O=C(N[C@H]1C[C@@H]2C[C@H]1N(C(=O)Nc1ccc(Cl)cc1F)C2)c1cccs1. The first-order chi connectivity index (χ1) is 12.5. The molecule has 1 saturated carbocycles. The number of amides is 3. The van der Waals surface area contributed by atoms with E-state index in [9.17, 15) is 14.0 Å². The Morgan fingerprint density at radius 3 is 2.81 bits per heavy atom. The molecule has 0 radical (unpaired) electrons. The quantitative estimate of drug-likeness (QED) is 0.829. The first kappa shape index (κ1) is 17.3. The van der Waals surface area contributed by atoms with Crippen LogP contribution in [-0.2, 0) is 0 Å². The topological polar surface area (TPSA) is 61.4 Å². The Labute approximate surface area is 159 Å². The summed E-state index contributed by atoms with van der Waals surface area (Å²) in [5.41, 5.74) is 0.0985. The predicted octanol–water partition coefficient (Wildman–Crippen LogP) is 3.97. The third-order valence-electron chi connectivity index (χ3n) is 4.98. The van der Waals surface area contributed by atoms with E-state index < -0.39 is 5.82 Å². The summed E-state index contributed by atoms with van der Waals surface area (Å²) in [6.45, 7) is 0.622. The van der Waals surface area contributed by atoms with Crippen LogP contribution in [0.2, 0.25) is 5.02 Å². The molecule has 1 aliphatic carbocycles. The molecule has 4 rings (SSSR count). The number of thiophene rings is 1. The van der Waals surface area contributed by atoms with Crippen LogP contribution in [0.4, 0.5) is 14.9 Å². The minimum Gasteiger partial charge on any atom is -0.347 e. The molecular weight excluding hydrogens is 377 g/mol. The molecule has 0 unspecified atom stereocenters. The van der Waals surface area contributed by atoms with E-state index in [0.717, 1.165) is 18.9 Å². The van der Waals surface area contributed by atoms with Crippen molar-refractivity contribution < 1.29 is 14.0 Å². The van der Waals surface area contributed by atoms with Gasteiger partial charge >= 0.3 is 6.03 Å². The highest BCUT2D eigenvalue weighted by Gasteiger charge is 2.47. The zero-order valence-electron chi connectivity index (χ0n) is 13.7. The summed E-state index contributed by atoms with van der Waals surface area (Å²) in [4.78, 5) is 27.3. The largest absolute Gasteiger partial charge is 0.347 e. The molecule has 26 heavy (non-hydrogen) atoms. The molecular formula is C18H17ClFN3O2S. The normalized spacial score (nSPS) is 23.9. The van der Waals surface area contributed by atoms with Crippen LogP contribution in [0.5, 0.6) is 0 Å². The fourth-order valence-electron chi connectivity index (χ4n) is 3.84. The van der Waals surface area contributed by atoms with Crippen molar-refractivity contribution in [1.29, 1.82) is 0 Å². The van der Waals surface area contributed by atoms with Crippen molar-refractivity contribution in [2.75, 3.05) is 11.9 Å². The fourth-order valence-corrected chi connectivity index (χ4v) is 4.62. The number of piperidine rings is 1. The van der Waals surface area contributed by atoms with Gasteiger partial charge in [-0.05, 0) is 48.4 Å². The third kappa shape index (κ3) is 3.29. The van der Waals surface area contributed by atoms with E-state index >= 15 is 0 Å². The van der Waals surface area contributed by atoms with Gasteiger partial charge in [-0.25, -0.2) is 9.18 Å². The smallest absolute Gasteiger partial charge is 0.322 e. The van der Waals surface area contributed by atoms with E-state index in [-0.39, 0.29) is 34.7 Å². The van der Waals surface area contributed by atoms with Gasteiger partial charge in [0.1, 0.15) is 5.82 Å². The third-order valence-corrected chi connectivity index (χ3v) is 6.08. The lowest BCUT2D eigenvalue weighted by molar-refractivity contribution is 0.0910. The van der Waals surface area contributed by atoms with Gasteiger partial charge < -0.3 is 15.5 Å². The molecule has 1 aliphatic heterocycles. The number of hydrogen-bond donors (Lipinski definition) is 2. The van der Waals surface area contributed by atoms with E-state index in [2.05, 4.69) is 10.6 Å². The van der Waals surface area contributed by atoms with Crippen molar-refractivity contribution in [3.63, 3.8) is 0 Å². The van der Waals surface area contributed by atoms with Crippen LogP contribution in [0.1, 0.15) is 22.5 Å². The number of carbonyl (C=O) groups is 2. The average molecular weight is 394 g/mol. The Bertz CT molecular complexity index is 845. The second-order valence-electron chi connectivity index (χ2n) is 6.67. The number of halogens is 2. The zero-order chi connectivity index (χ0) is 18.3. The molecule has 1 saturated heterocycles. The monoisotopic (exact) mass is 393 g/mol. The highest BCUT2D eigenvalue weighted by Crippen LogP contribution is 2.38. The first-order valence-corrected chi connectivity index (χ1v) is 9.64. The standard InChI is InChI=1S/C18H17ClFN3O2S/c19-11-3-4-13(12(20)8-11)22-18(25)23-9-10-6-14(15(23)7-10)21-17(24)16-2-1-5-26-16/h1-5,8,10,14-15H,6-7,9H2,(H,21,24)(H,22,25)/t10-,14+,15-/m1/s1. The van der Waals surface area contributed by atoms with Crippen LogP contribution in [0.15, 0.2) is 35.7 Å². The minimum absolute atomic E-state index is 0.0701. The number of anilines is 1. The van der Waals surface area contributed by atoms with Gasteiger partial charge in [0.15, 0.2) is 0 Å². The van der Waals surface area contributed by atoms with Crippen molar-refractivity contribution >= 4 is 40.6 Å². The number of likely N-dealkylation sites (tertiary alicyclic amines) is 1. The van der Waals surface area contributed by atoms with Gasteiger partial charge in [0.25, 0.3) is 5.91 Å². The van der Waals surface area contributed by atoms with Crippen molar-refractivity contribution in [2.45, 2.75) is 24.9 Å². The summed E-state index contributed by atoms with van der Waals surface area (Å²) in [6, 6.07) is 7.25. The predicted molar refractivity (Wildman–Crippen MR) is 99.2 cm³/mol. The van der Waals surface area contributed by atoms with Gasteiger partial charge in [-0.1, -0.05) is 17.7 Å². The van der Waals surface area contributed by atoms with Gasteiger partial charge in [-0.2, -0.15) is 0 Å². The van der Waals surface area contributed by atoms with Crippen LogP contribution in [0.3, 0.4) is 0 Å². The molecule has 3 amide bonds. The van der Waals surface area contributed by atoms with Crippen LogP contribution in [0.25, 0.3) is 0 Å². The van der Waals surface area contributed by atoms with Crippen LogP contribution < -0.4 is 10.6 Å². The van der Waals surface area contributed by atoms with E-state index in [4.69, 9.17) is 11.6 Å². The Morgan fingerprint density at radius 2 is 2.12 bits per heavy atom. The van der Waals surface area contributed by atoms with Crippen molar-refractivity contribution in [1.82, 2.24) is 10.2 Å². The second kappa shape index (κ2) is 6.89. The van der Waals surface area contributed by atoms with E-state index in [1.165, 1.54) is 23.5 Å². The molecule has 2 heterocycles. The Kier molecular flexibility index (Phi) is 4.58. The lowest BCUT2D eigenvalue weighted by Crippen LogP contribution is -2.52. The van der Waals surface area contributed by atoms with Crippen LogP contribution in [-0.4, -0.2) is 35.5 Å². The lowest BCUT2D eigenvalue weighted by Gasteiger charge is -2.33. The fraction of sp³-hybridized carbons (Fsp3) is 0.333. The summed E-state index contributed by atoms with van der Waals surface area (Å²) in [6.07, 6.45) is 1.72. The van der Waals surface area contributed by atoms with Gasteiger partial charge in [0, 0.05) is 11.6 Å². The molecule has 5 nitrogen and oxygen atoms in total. The molecule has 2 aliphatic rings. The average Bonchev–Trinajstić information content (AvgIpc) is 3.33. The maximum absolute atomic E-state index is 13.9. The maximum atomic E-state index is 13.9. The van der Waals surface area contributed by atoms with Gasteiger partial charge in [-0.15, -0.1) is 11.3 Å². The Morgan fingerprint density at radius 1 is 1.27 bits per heavy atom. The molecule has 2 fully saturated rings. The minimum atomic E-state index is -0.572. The summed E-state index contributed by atoms with van der Waals surface area (Å²) >= 11 is 7.13. The second-order valence-corrected chi connectivity index (χ2v) is 8.05. The molecule has 2 bridgehead atoms. The number of urea groups is 1. The summed E-state index contributed by atoms with van der Waals surface area (Å²) in [5, 5.41) is 7.78. The van der Waals surface area contributed by atoms with Gasteiger partial charge in [-0.3, -0.25) is 4.79 Å². The van der Waals surface area contributed by atoms with Crippen LogP contribution in [0, 0.1) is 11.7 Å². The highest BCUT2D eigenvalue weighted by molar-refractivity contribution is 7.12. The molecule has 2 aromatic rings. The number of nitrogens with one attached hydrogen (secondary N) is 2. The molecule has 1 aromatic carbocycles. The van der Waals surface area contributed by atoms with E-state index in [1.807, 2.05) is 11.4 Å². The van der Waals surface area contributed by atoms with Gasteiger partial charge in [0.05, 0.1) is 22.6 Å². The van der Waals surface area contributed by atoms with E-state index in [0.29, 0.717) is 17.3 Å². The van der Waals surface area contributed by atoms with Gasteiger partial charge in [0.2, 0.25) is 0 Å². The lowest BCUT2D eigenvalue weighted by atomic mass is 10.1. The number of rotatable bonds is 3. The Hall–Kier alpha value is -2.12. The molecule has 1 aromatic heterocycles. The van der Waals surface area contributed by atoms with Crippen molar-refractivity contribution in [3.05, 3.63) is 51.4 Å². The van der Waals surface area contributed by atoms with Crippen molar-refractivity contribution in [3.8, 4) is 0 Å². The van der Waals surface area contributed by atoms with E-state index in [1.54, 1.807) is 11.0 Å². The highest BCUT2D eigenvalue weighted by atomic mass is 35.5. The number of benzene rings is 1. The number of fused-ring (bicyclic) bond motifs is 2. The molecule has 136 valence electrons. The Balaban J connectivity index is 1.43. The van der Waals surface area contributed by atoms with Crippen LogP contribution >= 0.6 is 22.9 Å². The zero-order valence-corrected chi connectivity index (χ0v) is 15.3. The van der Waals surface area contributed by atoms with Crippen molar-refractivity contribution in [2.24, 2.45) is 5.92 Å². The number of nitrogens with zero attached hydrogens (tertiary/aromatic N) is 1. The number of hydrogen-bond acceptors (Lipinski definition) is 3. The number of carbonyl (C=O) groups excluding carboxylic acids is 2. The molecule has 0 spiro atoms.